The lowest BCUT2D eigenvalue weighted by Gasteiger charge is -1.89. The number of carbonyl (C=O) groups excluding carboxylic acids is 1. The smallest absolute Gasteiger partial charge is 0.0592 e. The largest absolute Gasteiger partial charge is 0.741 e. The Morgan fingerprint density at radius 3 is 2.20 bits per heavy atom. The summed E-state index contributed by atoms with van der Waals surface area (Å²) in [5, 5.41) is -0.397. The normalized spacial score (nSPS) is 7.40. The maximum Gasteiger partial charge on any atom is 0.0592 e. The molecule has 0 radical (unpaired) electrons. The van der Waals surface area contributed by atoms with Crippen molar-refractivity contribution in [1.82, 2.24) is 0 Å². The van der Waals surface area contributed by atoms with E-state index in [0.717, 1.165) is 0 Å². The van der Waals surface area contributed by atoms with Crippen molar-refractivity contribution >= 4 is 29.3 Å². The minimum absolute atomic E-state index is 0.0463. The number of hydrogen-bond donors (Lipinski definition) is 0. The van der Waals surface area contributed by atoms with Gasteiger partial charge in [-0.2, -0.15) is 0 Å². The molecule has 0 atom stereocenters. The molecule has 0 N–H and O–H groups in total. The second-order valence-electron chi connectivity index (χ2n) is 0.506. The fraction of sp³-hybridized carbons (Fsp3) is 0.500. The van der Waals surface area contributed by atoms with Crippen molar-refractivity contribution in [1.29, 1.82) is 0 Å². The molecule has 0 heterocycles. The highest BCUT2D eigenvalue weighted by atomic mass is 35.5. The minimum Gasteiger partial charge on any atom is -0.741 e. The van der Waals surface area contributed by atoms with E-state index in [1.165, 1.54) is 0 Å². The van der Waals surface area contributed by atoms with Gasteiger partial charge in [0.05, 0.1) is 5.88 Å². The molecule has 1 nitrogen and oxygen atoms in total. The molecule has 0 aliphatic rings. The Balaban J connectivity index is 2.85. The second kappa shape index (κ2) is 2.42. The van der Waals surface area contributed by atoms with Crippen LogP contribution in [0.1, 0.15) is 0 Å². The van der Waals surface area contributed by atoms with Crippen LogP contribution in [0.3, 0.4) is 0 Å². The molecule has 0 aromatic heterocycles. The van der Waals surface area contributed by atoms with E-state index >= 15 is 0 Å². The van der Waals surface area contributed by atoms with Gasteiger partial charge in [-0.05, 0) is 0 Å². The average molecular weight is 110 g/mol. The number of alkyl halides is 1. The van der Waals surface area contributed by atoms with Gasteiger partial charge in [0.2, 0.25) is 0 Å². The summed E-state index contributed by atoms with van der Waals surface area (Å²) in [5.74, 6) is -0.0463. The maximum absolute atomic E-state index is 9.50. The summed E-state index contributed by atoms with van der Waals surface area (Å²) in [7, 11) is 0. The summed E-state index contributed by atoms with van der Waals surface area (Å²) in [6.45, 7) is 0. The van der Waals surface area contributed by atoms with Crippen molar-refractivity contribution in [3.05, 3.63) is 0 Å². The zero-order chi connectivity index (χ0) is 4.28. The third-order valence-electron chi connectivity index (χ3n) is 0.109. The van der Waals surface area contributed by atoms with Crippen molar-refractivity contribution < 1.29 is 4.79 Å². The zero-order valence-corrected chi connectivity index (χ0v) is 3.97. The molecule has 0 aliphatic carbocycles. The third kappa shape index (κ3) is 4.18. The summed E-state index contributed by atoms with van der Waals surface area (Å²) >= 11 is 8.89. The number of hydrogen-bond acceptors (Lipinski definition) is 2. The van der Waals surface area contributed by atoms with Gasteiger partial charge in [0.1, 0.15) is 0 Å². The van der Waals surface area contributed by atoms with E-state index < -0.39 is 5.12 Å². The highest BCUT2D eigenvalue weighted by Crippen LogP contribution is 1.69. The zero-order valence-electron chi connectivity index (χ0n) is 2.40. The Hall–Kier alpha value is 0.180. The molecular formula is C2H2ClOS-. The van der Waals surface area contributed by atoms with Crippen molar-refractivity contribution in [3.63, 3.8) is 0 Å². The van der Waals surface area contributed by atoms with Crippen LogP contribution in [0.25, 0.3) is 0 Å². The van der Waals surface area contributed by atoms with Gasteiger partial charge >= 0.3 is 0 Å². The quantitative estimate of drug-likeness (QED) is 0.356. The van der Waals surface area contributed by atoms with Crippen LogP contribution in [-0.2, 0) is 17.4 Å². The van der Waals surface area contributed by atoms with Gasteiger partial charge in [-0.25, -0.2) is 0 Å². The highest BCUT2D eigenvalue weighted by Gasteiger charge is 1.66. The number of carbonyl (C=O) groups is 1. The minimum atomic E-state index is -0.397. The van der Waals surface area contributed by atoms with Crippen molar-refractivity contribution in [2.45, 2.75) is 0 Å². The van der Waals surface area contributed by atoms with Gasteiger partial charge in [-0.1, -0.05) is 0 Å². The monoisotopic (exact) mass is 109 g/mol. The molecule has 0 bridgehead atoms. The van der Waals surface area contributed by atoms with Crippen LogP contribution in [0.2, 0.25) is 0 Å². The lowest BCUT2D eigenvalue weighted by atomic mass is 10.9. The lowest BCUT2D eigenvalue weighted by molar-refractivity contribution is -0.108. The van der Waals surface area contributed by atoms with Crippen LogP contribution < -0.4 is 0 Å². The molecule has 0 aliphatic heterocycles. The fourth-order valence-electron chi connectivity index (χ4n) is 0. The van der Waals surface area contributed by atoms with Crippen LogP contribution >= 0.6 is 11.6 Å². The fourth-order valence-corrected chi connectivity index (χ4v) is 0. The summed E-state index contributed by atoms with van der Waals surface area (Å²) < 4.78 is 0. The lowest BCUT2D eigenvalue weighted by Crippen LogP contribution is -1.88. The molecule has 0 saturated carbocycles. The van der Waals surface area contributed by atoms with E-state index in [4.69, 9.17) is 11.6 Å². The molecule has 3 heteroatoms. The first-order valence-corrected chi connectivity index (χ1v) is 1.97. The van der Waals surface area contributed by atoms with Gasteiger partial charge in [0.15, 0.2) is 0 Å². The highest BCUT2D eigenvalue weighted by molar-refractivity contribution is 7.77. The van der Waals surface area contributed by atoms with E-state index in [9.17, 15) is 4.79 Å². The summed E-state index contributed by atoms with van der Waals surface area (Å²) in [5.41, 5.74) is 0. The Morgan fingerprint density at radius 2 is 2.20 bits per heavy atom. The van der Waals surface area contributed by atoms with Gasteiger partial charge in [-0.15, -0.1) is 11.6 Å². The third-order valence-corrected chi connectivity index (χ3v) is 0.655. The van der Waals surface area contributed by atoms with E-state index in [1.54, 1.807) is 0 Å². The molecule has 0 rings (SSSR count). The molecule has 0 fully saturated rings. The van der Waals surface area contributed by atoms with Crippen LogP contribution in [0.5, 0.6) is 0 Å². The van der Waals surface area contributed by atoms with E-state index in [1.807, 2.05) is 0 Å². The summed E-state index contributed by atoms with van der Waals surface area (Å²) in [6, 6.07) is 0. The van der Waals surface area contributed by atoms with Gasteiger partial charge in [-0.3, -0.25) is 0 Å². The Bertz CT molecular complexity index is 44.9. The number of rotatable bonds is 1. The van der Waals surface area contributed by atoms with Gasteiger partial charge in [0, 0.05) is 5.12 Å². The predicted octanol–water partition coefficient (Wildman–Crippen LogP) is 0.299. The Morgan fingerprint density at radius 1 is 2.00 bits per heavy atom. The van der Waals surface area contributed by atoms with Crippen LogP contribution in [0.15, 0.2) is 0 Å². The first-order chi connectivity index (χ1) is 2.27. The Labute approximate surface area is 40.7 Å². The van der Waals surface area contributed by atoms with E-state index in [2.05, 4.69) is 12.6 Å². The molecular weight excluding hydrogens is 108 g/mol. The summed E-state index contributed by atoms with van der Waals surface area (Å²) in [4.78, 5) is 9.50. The first kappa shape index (κ1) is 5.18. The number of halogens is 1. The second-order valence-corrected chi connectivity index (χ2v) is 1.23. The first-order valence-electron chi connectivity index (χ1n) is 1.03. The van der Waals surface area contributed by atoms with Crippen LogP contribution in [-0.4, -0.2) is 11.0 Å². The Kier molecular flexibility index (Phi) is 2.51. The molecule has 0 unspecified atom stereocenters. The average Bonchev–Trinajstić information content (AvgIpc) is 1.38. The standard InChI is InChI=1S/C2H3ClOS/c3-1-2(4)5/h1H2,(H,4,5)/p-1. The topological polar surface area (TPSA) is 17.1 Å². The molecule has 30 valence electrons. The SMILES string of the molecule is O=C([S-])CCl. The van der Waals surface area contributed by atoms with E-state index in [-0.39, 0.29) is 5.88 Å². The van der Waals surface area contributed by atoms with Gasteiger partial charge < -0.3 is 17.4 Å². The van der Waals surface area contributed by atoms with Crippen LogP contribution in [0, 0.1) is 0 Å². The van der Waals surface area contributed by atoms with Crippen LogP contribution in [0.4, 0.5) is 0 Å². The van der Waals surface area contributed by atoms with Crippen molar-refractivity contribution in [2.24, 2.45) is 0 Å². The molecule has 0 amide bonds. The van der Waals surface area contributed by atoms with E-state index in [0.29, 0.717) is 0 Å². The molecule has 5 heavy (non-hydrogen) atoms. The summed E-state index contributed by atoms with van der Waals surface area (Å²) in [6.07, 6.45) is 0. The molecule has 0 aromatic rings. The van der Waals surface area contributed by atoms with Gasteiger partial charge in [0.25, 0.3) is 0 Å². The molecule has 0 aromatic carbocycles. The predicted molar refractivity (Wildman–Crippen MR) is 23.1 cm³/mol. The maximum atomic E-state index is 9.50. The molecule has 0 saturated heterocycles. The van der Waals surface area contributed by atoms with Crippen molar-refractivity contribution in [2.75, 3.05) is 5.88 Å². The molecule has 0 spiro atoms. The van der Waals surface area contributed by atoms with Crippen molar-refractivity contribution in [3.8, 4) is 0 Å².